The van der Waals surface area contributed by atoms with Crippen molar-refractivity contribution in [1.82, 2.24) is 0 Å². The molecule has 0 bridgehead atoms. The number of rotatable bonds is 4. The van der Waals surface area contributed by atoms with E-state index in [0.29, 0.717) is 6.42 Å². The molecule has 0 saturated carbocycles. The smallest absolute Gasteiger partial charge is 0.151 e. The molecule has 0 aliphatic rings. The highest BCUT2D eigenvalue weighted by Crippen LogP contribution is 1.88. The average Bonchev–Trinajstić information content (AvgIpc) is 1.90. The molecule has 66 valence electrons. The van der Waals surface area contributed by atoms with Crippen LogP contribution in [0.3, 0.4) is 0 Å². The van der Waals surface area contributed by atoms with Crippen LogP contribution < -0.4 is 0 Å². The van der Waals surface area contributed by atoms with E-state index < -0.39 is 6.29 Å². The molecular formula is C8H16O3. The fourth-order valence-electron chi connectivity index (χ4n) is 0.326. The van der Waals surface area contributed by atoms with Gasteiger partial charge in [0.15, 0.2) is 6.29 Å². The monoisotopic (exact) mass is 160 g/mol. The summed E-state index contributed by atoms with van der Waals surface area (Å²) < 4.78 is 4.36. The highest BCUT2D eigenvalue weighted by molar-refractivity contribution is 4.57. The van der Waals surface area contributed by atoms with Gasteiger partial charge in [0.05, 0.1) is 12.5 Å². The minimum atomic E-state index is -1.10. The standard InChI is InChI=1S/C4H10O2.C4H6O/c1-2-3-4(5)6;1-3-5-4-2/h4-6H,2-3H2,1H3;3-4H,1-2H2. The van der Waals surface area contributed by atoms with Crippen LogP contribution in [0.1, 0.15) is 19.8 Å². The Morgan fingerprint density at radius 2 is 1.82 bits per heavy atom. The topological polar surface area (TPSA) is 49.7 Å². The predicted molar refractivity (Wildman–Crippen MR) is 44.6 cm³/mol. The van der Waals surface area contributed by atoms with Crippen LogP contribution in [0.15, 0.2) is 25.7 Å². The second kappa shape index (κ2) is 11.9. The first-order valence-corrected chi connectivity index (χ1v) is 3.42. The van der Waals surface area contributed by atoms with Crippen molar-refractivity contribution in [3.8, 4) is 0 Å². The van der Waals surface area contributed by atoms with Gasteiger partial charge in [-0.15, -0.1) is 0 Å². The molecule has 0 rings (SSSR count). The molecule has 0 aliphatic heterocycles. The number of hydrogen-bond donors (Lipinski definition) is 2. The summed E-state index contributed by atoms with van der Waals surface area (Å²) in [6.45, 7) is 8.42. The van der Waals surface area contributed by atoms with Crippen molar-refractivity contribution < 1.29 is 14.9 Å². The Balaban J connectivity index is 0. The van der Waals surface area contributed by atoms with E-state index in [1.165, 1.54) is 12.5 Å². The van der Waals surface area contributed by atoms with Gasteiger partial charge in [-0.2, -0.15) is 0 Å². The van der Waals surface area contributed by atoms with Crippen molar-refractivity contribution >= 4 is 0 Å². The van der Waals surface area contributed by atoms with Crippen LogP contribution in [0.4, 0.5) is 0 Å². The van der Waals surface area contributed by atoms with Crippen molar-refractivity contribution in [2.75, 3.05) is 0 Å². The quantitative estimate of drug-likeness (QED) is 0.482. The summed E-state index contributed by atoms with van der Waals surface area (Å²) in [5.74, 6) is 0. The SMILES string of the molecule is C=COC=C.CCCC(O)O. The molecule has 0 aromatic rings. The molecule has 0 amide bonds. The van der Waals surface area contributed by atoms with E-state index in [2.05, 4.69) is 17.9 Å². The minimum Gasteiger partial charge on any atom is -0.474 e. The molecule has 0 fully saturated rings. The van der Waals surface area contributed by atoms with Gasteiger partial charge in [-0.05, 0) is 6.42 Å². The van der Waals surface area contributed by atoms with Crippen LogP contribution in [0.2, 0.25) is 0 Å². The van der Waals surface area contributed by atoms with Crippen molar-refractivity contribution in [3.63, 3.8) is 0 Å². The summed E-state index contributed by atoms with van der Waals surface area (Å²) >= 11 is 0. The molecule has 0 heterocycles. The number of aliphatic hydroxyl groups is 2. The second-order valence-corrected chi connectivity index (χ2v) is 1.74. The van der Waals surface area contributed by atoms with Gasteiger partial charge in [-0.25, -0.2) is 0 Å². The second-order valence-electron chi connectivity index (χ2n) is 1.74. The normalized spacial score (nSPS) is 8.00. The average molecular weight is 160 g/mol. The molecule has 0 spiro atoms. The summed E-state index contributed by atoms with van der Waals surface area (Å²) in [6.07, 6.45) is 2.84. The fourth-order valence-corrected chi connectivity index (χ4v) is 0.326. The van der Waals surface area contributed by atoms with Crippen molar-refractivity contribution in [3.05, 3.63) is 25.7 Å². The Kier molecular flexibility index (Phi) is 13.9. The lowest BCUT2D eigenvalue weighted by Crippen LogP contribution is -2.01. The molecule has 0 aliphatic carbocycles. The molecule has 0 radical (unpaired) electrons. The van der Waals surface area contributed by atoms with Crippen molar-refractivity contribution in [2.45, 2.75) is 26.1 Å². The Bertz CT molecular complexity index is 83.3. The van der Waals surface area contributed by atoms with E-state index >= 15 is 0 Å². The molecule has 0 aromatic heterocycles. The van der Waals surface area contributed by atoms with Gasteiger partial charge in [-0.3, -0.25) is 0 Å². The Morgan fingerprint density at radius 1 is 1.36 bits per heavy atom. The third-order valence-electron chi connectivity index (χ3n) is 0.739. The van der Waals surface area contributed by atoms with Crippen LogP contribution >= 0.6 is 0 Å². The van der Waals surface area contributed by atoms with Gasteiger partial charge >= 0.3 is 0 Å². The zero-order valence-corrected chi connectivity index (χ0v) is 6.86. The maximum atomic E-state index is 8.11. The van der Waals surface area contributed by atoms with E-state index in [-0.39, 0.29) is 0 Å². The molecule has 0 aromatic carbocycles. The summed E-state index contributed by atoms with van der Waals surface area (Å²) in [5.41, 5.74) is 0. The van der Waals surface area contributed by atoms with E-state index in [0.717, 1.165) is 6.42 Å². The zero-order valence-electron chi connectivity index (χ0n) is 6.86. The summed E-state index contributed by atoms with van der Waals surface area (Å²) in [7, 11) is 0. The van der Waals surface area contributed by atoms with Crippen molar-refractivity contribution in [1.29, 1.82) is 0 Å². The number of hydrogen-bond acceptors (Lipinski definition) is 3. The van der Waals surface area contributed by atoms with Gasteiger partial charge in [0.25, 0.3) is 0 Å². The molecular weight excluding hydrogens is 144 g/mol. The van der Waals surface area contributed by atoms with Crippen LogP contribution in [-0.4, -0.2) is 16.5 Å². The molecule has 3 heteroatoms. The highest BCUT2D eigenvalue weighted by atomic mass is 16.5. The Hall–Kier alpha value is -0.800. The number of aliphatic hydroxyl groups excluding tert-OH is 1. The van der Waals surface area contributed by atoms with Gasteiger partial charge in [0.2, 0.25) is 0 Å². The summed E-state index contributed by atoms with van der Waals surface area (Å²) in [6, 6.07) is 0. The minimum absolute atomic E-state index is 0.486. The molecule has 0 atom stereocenters. The zero-order chi connectivity index (χ0) is 9.11. The third kappa shape index (κ3) is 27.0. The van der Waals surface area contributed by atoms with Crippen molar-refractivity contribution in [2.24, 2.45) is 0 Å². The largest absolute Gasteiger partial charge is 0.474 e. The summed E-state index contributed by atoms with van der Waals surface area (Å²) in [5, 5.41) is 16.2. The van der Waals surface area contributed by atoms with Crippen LogP contribution in [0, 0.1) is 0 Å². The number of ether oxygens (including phenoxy) is 1. The van der Waals surface area contributed by atoms with E-state index in [4.69, 9.17) is 10.2 Å². The molecule has 11 heavy (non-hydrogen) atoms. The third-order valence-corrected chi connectivity index (χ3v) is 0.739. The molecule has 0 saturated heterocycles. The molecule has 3 nitrogen and oxygen atoms in total. The van der Waals surface area contributed by atoms with E-state index in [1.807, 2.05) is 6.92 Å². The lowest BCUT2D eigenvalue weighted by Gasteiger charge is -1.94. The van der Waals surface area contributed by atoms with Crippen LogP contribution in [0.25, 0.3) is 0 Å². The van der Waals surface area contributed by atoms with Gasteiger partial charge in [-0.1, -0.05) is 26.5 Å². The lowest BCUT2D eigenvalue weighted by molar-refractivity contribution is -0.0453. The Morgan fingerprint density at radius 3 is 1.82 bits per heavy atom. The maximum absolute atomic E-state index is 8.11. The van der Waals surface area contributed by atoms with Crippen LogP contribution in [-0.2, 0) is 4.74 Å². The molecule has 0 unspecified atom stereocenters. The first-order valence-electron chi connectivity index (χ1n) is 3.42. The Labute approximate surface area is 67.6 Å². The first-order chi connectivity index (χ1) is 5.18. The van der Waals surface area contributed by atoms with E-state index in [9.17, 15) is 0 Å². The van der Waals surface area contributed by atoms with E-state index in [1.54, 1.807) is 0 Å². The van der Waals surface area contributed by atoms with Crippen LogP contribution in [0.5, 0.6) is 0 Å². The predicted octanol–water partition coefficient (Wildman–Crippen LogP) is 1.39. The maximum Gasteiger partial charge on any atom is 0.151 e. The van der Waals surface area contributed by atoms with Gasteiger partial charge in [0, 0.05) is 0 Å². The van der Waals surface area contributed by atoms with Gasteiger partial charge in [0.1, 0.15) is 0 Å². The summed E-state index contributed by atoms with van der Waals surface area (Å²) in [4.78, 5) is 0. The fraction of sp³-hybridized carbons (Fsp3) is 0.500. The lowest BCUT2D eigenvalue weighted by atomic mass is 10.3. The highest BCUT2D eigenvalue weighted by Gasteiger charge is 1.89. The first kappa shape index (κ1) is 12.8. The molecule has 2 N–H and O–H groups in total. The van der Waals surface area contributed by atoms with Gasteiger partial charge < -0.3 is 14.9 Å².